The summed E-state index contributed by atoms with van der Waals surface area (Å²) in [6, 6.07) is 8.21. The summed E-state index contributed by atoms with van der Waals surface area (Å²) in [6.07, 6.45) is 8.17. The Labute approximate surface area is 124 Å². The summed E-state index contributed by atoms with van der Waals surface area (Å²) in [4.78, 5) is 2.50. The second-order valence-corrected chi connectivity index (χ2v) is 6.89. The van der Waals surface area contributed by atoms with Gasteiger partial charge in [0, 0.05) is 35.8 Å². The number of rotatable bonds is 5. The summed E-state index contributed by atoms with van der Waals surface area (Å²) in [7, 11) is 2.26. The first kappa shape index (κ1) is 13.4. The van der Waals surface area contributed by atoms with Crippen LogP contribution in [0.3, 0.4) is 0 Å². The van der Waals surface area contributed by atoms with Gasteiger partial charge in [-0.2, -0.15) is 0 Å². The van der Waals surface area contributed by atoms with E-state index in [1.807, 2.05) is 0 Å². The molecule has 19 heavy (non-hydrogen) atoms. The molecule has 1 aromatic carbocycles. The quantitative estimate of drug-likeness (QED) is 0.878. The van der Waals surface area contributed by atoms with Gasteiger partial charge >= 0.3 is 0 Å². The minimum atomic E-state index is 0.731. The molecule has 0 radical (unpaired) electrons. The van der Waals surface area contributed by atoms with Crippen molar-refractivity contribution in [3.05, 3.63) is 28.2 Å². The molecule has 0 aliphatic heterocycles. The van der Waals surface area contributed by atoms with Gasteiger partial charge in [-0.05, 0) is 43.4 Å². The Balaban J connectivity index is 1.77. The third-order valence-corrected chi connectivity index (χ3v) is 4.95. The van der Waals surface area contributed by atoms with Crippen LogP contribution in [0.1, 0.15) is 44.1 Å². The molecule has 2 fully saturated rings. The first-order valence-corrected chi connectivity index (χ1v) is 8.28. The molecule has 2 aliphatic rings. The first-order chi connectivity index (χ1) is 9.24. The van der Waals surface area contributed by atoms with Crippen molar-refractivity contribution in [1.29, 1.82) is 0 Å². The number of nitrogens with zero attached hydrogens (tertiary/aromatic N) is 1. The lowest BCUT2D eigenvalue weighted by atomic mass is 10.1. The van der Waals surface area contributed by atoms with Crippen LogP contribution in [0.25, 0.3) is 0 Å². The van der Waals surface area contributed by atoms with Crippen molar-refractivity contribution in [3.8, 4) is 0 Å². The third-order valence-electron chi connectivity index (χ3n) is 4.46. The van der Waals surface area contributed by atoms with E-state index in [0.717, 1.165) is 18.6 Å². The van der Waals surface area contributed by atoms with E-state index < -0.39 is 0 Å². The highest BCUT2D eigenvalue weighted by atomic mass is 79.9. The van der Waals surface area contributed by atoms with E-state index in [-0.39, 0.29) is 0 Å². The third kappa shape index (κ3) is 3.32. The van der Waals surface area contributed by atoms with Gasteiger partial charge < -0.3 is 10.2 Å². The molecule has 2 saturated carbocycles. The van der Waals surface area contributed by atoms with Gasteiger partial charge in [-0.3, -0.25) is 0 Å². The average Bonchev–Trinajstić information content (AvgIpc) is 3.08. The lowest BCUT2D eigenvalue weighted by Crippen LogP contribution is -2.30. The Morgan fingerprint density at radius 3 is 2.63 bits per heavy atom. The minimum absolute atomic E-state index is 0.731. The number of halogens is 1. The fraction of sp³-hybridized carbons (Fsp3) is 0.625. The standard InChI is InChI=1S/C16H23BrN2/c1-19(15-4-2-3-5-15)16-10-13(17)7-6-12(16)11-18-14-8-9-14/h6-7,10,14-15,18H,2-5,8-9,11H2,1H3. The summed E-state index contributed by atoms with van der Waals surface area (Å²) in [5.74, 6) is 0. The number of nitrogens with one attached hydrogen (secondary N) is 1. The molecule has 104 valence electrons. The number of hydrogen-bond donors (Lipinski definition) is 1. The van der Waals surface area contributed by atoms with Crippen molar-refractivity contribution in [2.45, 2.75) is 57.2 Å². The zero-order valence-electron chi connectivity index (χ0n) is 11.7. The van der Waals surface area contributed by atoms with Crippen molar-refractivity contribution in [3.63, 3.8) is 0 Å². The van der Waals surface area contributed by atoms with Crippen molar-refractivity contribution in [2.75, 3.05) is 11.9 Å². The topological polar surface area (TPSA) is 15.3 Å². The summed E-state index contributed by atoms with van der Waals surface area (Å²) < 4.78 is 1.18. The lowest BCUT2D eigenvalue weighted by Gasteiger charge is -2.29. The van der Waals surface area contributed by atoms with Crippen LogP contribution in [-0.2, 0) is 6.54 Å². The zero-order chi connectivity index (χ0) is 13.2. The van der Waals surface area contributed by atoms with Gasteiger partial charge in [-0.1, -0.05) is 34.8 Å². The maximum Gasteiger partial charge on any atom is 0.0423 e. The first-order valence-electron chi connectivity index (χ1n) is 7.48. The van der Waals surface area contributed by atoms with Crippen molar-refractivity contribution in [2.24, 2.45) is 0 Å². The number of benzene rings is 1. The minimum Gasteiger partial charge on any atom is -0.371 e. The molecular weight excluding hydrogens is 300 g/mol. The fourth-order valence-corrected chi connectivity index (χ4v) is 3.39. The number of anilines is 1. The Bertz CT molecular complexity index is 436. The Kier molecular flexibility index (Phi) is 4.13. The molecule has 0 amide bonds. The second kappa shape index (κ2) is 5.84. The highest BCUT2D eigenvalue weighted by molar-refractivity contribution is 9.10. The molecule has 0 spiro atoms. The molecule has 2 nitrogen and oxygen atoms in total. The molecule has 0 saturated heterocycles. The molecule has 2 aliphatic carbocycles. The summed E-state index contributed by atoms with van der Waals surface area (Å²) in [5.41, 5.74) is 2.83. The van der Waals surface area contributed by atoms with Crippen LogP contribution < -0.4 is 10.2 Å². The molecule has 0 aromatic heterocycles. The maximum atomic E-state index is 3.64. The van der Waals surface area contributed by atoms with Crippen molar-refractivity contribution < 1.29 is 0 Å². The van der Waals surface area contributed by atoms with Gasteiger partial charge in [0.15, 0.2) is 0 Å². The molecule has 3 rings (SSSR count). The van der Waals surface area contributed by atoms with Crippen molar-refractivity contribution >= 4 is 21.6 Å². The Hall–Kier alpha value is -0.540. The van der Waals surface area contributed by atoms with Crippen LogP contribution in [0.2, 0.25) is 0 Å². The highest BCUT2D eigenvalue weighted by Crippen LogP contribution is 2.31. The molecule has 3 heteroatoms. The fourth-order valence-electron chi connectivity index (χ4n) is 3.04. The summed E-state index contributed by atoms with van der Waals surface area (Å²) >= 11 is 3.62. The van der Waals surface area contributed by atoms with E-state index in [2.05, 4.69) is 51.4 Å². The largest absolute Gasteiger partial charge is 0.371 e. The van der Waals surface area contributed by atoms with Crippen molar-refractivity contribution in [1.82, 2.24) is 5.32 Å². The zero-order valence-corrected chi connectivity index (χ0v) is 13.2. The van der Waals surface area contributed by atoms with Gasteiger partial charge in [-0.15, -0.1) is 0 Å². The number of hydrogen-bond acceptors (Lipinski definition) is 2. The molecule has 0 atom stereocenters. The second-order valence-electron chi connectivity index (χ2n) is 5.98. The Morgan fingerprint density at radius 1 is 1.21 bits per heavy atom. The van der Waals surface area contributed by atoms with E-state index >= 15 is 0 Å². The Morgan fingerprint density at radius 2 is 1.95 bits per heavy atom. The van der Waals surface area contributed by atoms with E-state index in [1.54, 1.807) is 0 Å². The van der Waals surface area contributed by atoms with Gasteiger partial charge in [-0.25, -0.2) is 0 Å². The summed E-state index contributed by atoms with van der Waals surface area (Å²) in [5, 5.41) is 3.64. The van der Waals surface area contributed by atoms with Crippen LogP contribution in [-0.4, -0.2) is 19.1 Å². The monoisotopic (exact) mass is 322 g/mol. The SMILES string of the molecule is CN(c1cc(Br)ccc1CNC1CC1)C1CCCC1. The molecule has 1 aromatic rings. The van der Waals surface area contributed by atoms with E-state index in [4.69, 9.17) is 0 Å². The average molecular weight is 323 g/mol. The normalized spacial score (nSPS) is 19.9. The molecule has 0 unspecified atom stereocenters. The van der Waals surface area contributed by atoms with Crippen LogP contribution >= 0.6 is 15.9 Å². The summed E-state index contributed by atoms with van der Waals surface area (Å²) in [6.45, 7) is 1.00. The lowest BCUT2D eigenvalue weighted by molar-refractivity contribution is 0.641. The highest BCUT2D eigenvalue weighted by Gasteiger charge is 2.23. The molecule has 1 N–H and O–H groups in total. The predicted octanol–water partition coefficient (Wildman–Crippen LogP) is 4.08. The van der Waals surface area contributed by atoms with E-state index in [9.17, 15) is 0 Å². The van der Waals surface area contributed by atoms with Gasteiger partial charge in [0.05, 0.1) is 0 Å². The van der Waals surface area contributed by atoms with Gasteiger partial charge in [0.25, 0.3) is 0 Å². The van der Waals surface area contributed by atoms with Gasteiger partial charge in [0.1, 0.15) is 0 Å². The van der Waals surface area contributed by atoms with E-state index in [0.29, 0.717) is 0 Å². The van der Waals surface area contributed by atoms with Crippen LogP contribution in [0.5, 0.6) is 0 Å². The molecule has 0 bridgehead atoms. The van der Waals surface area contributed by atoms with Crippen LogP contribution in [0.4, 0.5) is 5.69 Å². The van der Waals surface area contributed by atoms with Gasteiger partial charge in [0.2, 0.25) is 0 Å². The molecule has 0 heterocycles. The predicted molar refractivity (Wildman–Crippen MR) is 84.7 cm³/mol. The van der Waals surface area contributed by atoms with Crippen LogP contribution in [0.15, 0.2) is 22.7 Å². The molecular formula is C16H23BrN2. The van der Waals surface area contributed by atoms with Crippen LogP contribution in [0, 0.1) is 0 Å². The smallest absolute Gasteiger partial charge is 0.0423 e. The van der Waals surface area contributed by atoms with E-state index in [1.165, 1.54) is 54.2 Å². The maximum absolute atomic E-state index is 3.64.